The largest absolute Gasteiger partial charge is 0.397 e. The standard InChI is InChI=1S/C16H18N6O3S/c17-14(9-19-18)13-3-1-2-4-15(13)21-16(23)10-20-26-12-7-5-11(6-8-12)22(24)25/h1-9,19-20H,10,17-18H2,(H,21,23)/b14-9-. The molecule has 10 heteroatoms. The summed E-state index contributed by atoms with van der Waals surface area (Å²) in [5, 5.41) is 13.4. The highest BCUT2D eigenvalue weighted by Crippen LogP contribution is 2.21. The number of carbonyl (C=O) groups excluding carboxylic acids is 1. The summed E-state index contributed by atoms with van der Waals surface area (Å²) in [6.07, 6.45) is 1.42. The van der Waals surface area contributed by atoms with Crippen molar-refractivity contribution >= 4 is 34.9 Å². The lowest BCUT2D eigenvalue weighted by Gasteiger charge is -2.11. The van der Waals surface area contributed by atoms with E-state index in [2.05, 4.69) is 15.5 Å². The average Bonchev–Trinajstić information content (AvgIpc) is 2.62. The average molecular weight is 374 g/mol. The molecule has 0 saturated carbocycles. The van der Waals surface area contributed by atoms with Crippen molar-refractivity contribution in [2.45, 2.75) is 4.90 Å². The molecule has 0 aliphatic rings. The summed E-state index contributed by atoms with van der Waals surface area (Å²) in [6, 6.07) is 13.1. The SMILES string of the molecule is NN/C=C(\N)c1ccccc1NC(=O)CNSc1ccc([N+](=O)[O-])cc1. The first-order chi connectivity index (χ1) is 12.5. The molecule has 9 nitrogen and oxygen atoms in total. The van der Waals surface area contributed by atoms with E-state index in [1.54, 1.807) is 36.4 Å². The lowest BCUT2D eigenvalue weighted by Crippen LogP contribution is -2.24. The van der Waals surface area contributed by atoms with E-state index in [1.807, 2.05) is 0 Å². The number of para-hydroxylation sites is 1. The van der Waals surface area contributed by atoms with Crippen LogP contribution in [0, 0.1) is 10.1 Å². The minimum Gasteiger partial charge on any atom is -0.397 e. The van der Waals surface area contributed by atoms with Crippen LogP contribution in [-0.2, 0) is 4.79 Å². The fraction of sp³-hybridized carbons (Fsp3) is 0.0625. The third-order valence-electron chi connectivity index (χ3n) is 3.22. The zero-order chi connectivity index (χ0) is 18.9. The van der Waals surface area contributed by atoms with Gasteiger partial charge in [-0.05, 0) is 30.1 Å². The molecule has 0 fully saturated rings. The fourth-order valence-corrected chi connectivity index (χ4v) is 2.67. The Hall–Kier alpha value is -3.08. The van der Waals surface area contributed by atoms with Gasteiger partial charge in [-0.3, -0.25) is 25.5 Å². The number of nitro benzene ring substituents is 1. The Morgan fingerprint density at radius 1 is 1.19 bits per heavy atom. The third-order valence-corrected chi connectivity index (χ3v) is 4.02. The Morgan fingerprint density at radius 2 is 1.88 bits per heavy atom. The highest BCUT2D eigenvalue weighted by atomic mass is 32.2. The van der Waals surface area contributed by atoms with E-state index in [4.69, 9.17) is 11.6 Å². The molecule has 0 spiro atoms. The molecule has 0 saturated heterocycles. The van der Waals surface area contributed by atoms with Gasteiger partial charge in [0.05, 0.1) is 22.9 Å². The van der Waals surface area contributed by atoms with Crippen LogP contribution in [-0.4, -0.2) is 17.4 Å². The molecular formula is C16H18N6O3S. The molecule has 0 aliphatic heterocycles. The van der Waals surface area contributed by atoms with Crippen LogP contribution >= 0.6 is 11.9 Å². The van der Waals surface area contributed by atoms with Crippen molar-refractivity contribution in [3.8, 4) is 0 Å². The molecule has 0 atom stereocenters. The van der Waals surface area contributed by atoms with Crippen molar-refractivity contribution in [1.82, 2.24) is 10.1 Å². The lowest BCUT2D eigenvalue weighted by molar-refractivity contribution is -0.384. The van der Waals surface area contributed by atoms with Crippen molar-refractivity contribution in [3.63, 3.8) is 0 Å². The van der Waals surface area contributed by atoms with E-state index >= 15 is 0 Å². The van der Waals surface area contributed by atoms with Crippen molar-refractivity contribution in [1.29, 1.82) is 0 Å². The van der Waals surface area contributed by atoms with Crippen LogP contribution in [0.15, 0.2) is 59.6 Å². The maximum absolute atomic E-state index is 12.1. The monoisotopic (exact) mass is 374 g/mol. The van der Waals surface area contributed by atoms with Gasteiger partial charge in [0.1, 0.15) is 0 Å². The quantitative estimate of drug-likeness (QED) is 0.202. The van der Waals surface area contributed by atoms with Crippen LogP contribution in [0.1, 0.15) is 5.56 Å². The number of hydrogen-bond donors (Lipinski definition) is 5. The molecule has 0 aliphatic carbocycles. The van der Waals surface area contributed by atoms with Crippen LogP contribution in [0.4, 0.5) is 11.4 Å². The van der Waals surface area contributed by atoms with Crippen molar-refractivity contribution in [3.05, 3.63) is 70.4 Å². The number of nitrogens with zero attached hydrogens (tertiary/aromatic N) is 1. The number of nitro groups is 1. The van der Waals surface area contributed by atoms with Crippen molar-refractivity contribution in [2.24, 2.45) is 11.6 Å². The zero-order valence-corrected chi connectivity index (χ0v) is 14.5. The number of hydrazine groups is 1. The number of amides is 1. The van der Waals surface area contributed by atoms with E-state index in [0.29, 0.717) is 16.9 Å². The Bertz CT molecular complexity index is 810. The van der Waals surface area contributed by atoms with Crippen LogP contribution in [0.5, 0.6) is 0 Å². The Kier molecular flexibility index (Phi) is 6.97. The molecule has 0 heterocycles. The number of benzene rings is 2. The first kappa shape index (κ1) is 19.2. The molecule has 26 heavy (non-hydrogen) atoms. The summed E-state index contributed by atoms with van der Waals surface area (Å²) in [4.78, 5) is 23.0. The van der Waals surface area contributed by atoms with Crippen molar-refractivity contribution < 1.29 is 9.72 Å². The van der Waals surface area contributed by atoms with Gasteiger partial charge >= 0.3 is 0 Å². The second-order valence-electron chi connectivity index (χ2n) is 5.03. The molecule has 7 N–H and O–H groups in total. The van der Waals surface area contributed by atoms with Gasteiger partial charge in [0.25, 0.3) is 5.69 Å². The summed E-state index contributed by atoms with van der Waals surface area (Å²) < 4.78 is 2.90. The van der Waals surface area contributed by atoms with Gasteiger partial charge in [-0.1, -0.05) is 18.2 Å². The molecule has 136 valence electrons. The molecule has 0 unspecified atom stereocenters. The summed E-state index contributed by atoms with van der Waals surface area (Å²) in [5.41, 5.74) is 9.84. The Morgan fingerprint density at radius 3 is 2.54 bits per heavy atom. The summed E-state index contributed by atoms with van der Waals surface area (Å²) >= 11 is 1.20. The molecule has 0 radical (unpaired) electrons. The van der Waals surface area contributed by atoms with Crippen LogP contribution in [0.25, 0.3) is 5.70 Å². The predicted molar refractivity (Wildman–Crippen MR) is 102 cm³/mol. The number of nitrogens with one attached hydrogen (secondary N) is 3. The smallest absolute Gasteiger partial charge is 0.269 e. The molecular weight excluding hydrogens is 356 g/mol. The first-order valence-corrected chi connectivity index (χ1v) is 8.28. The minimum absolute atomic E-state index is 0.0151. The van der Waals surface area contributed by atoms with E-state index in [-0.39, 0.29) is 18.1 Å². The number of nitrogens with two attached hydrogens (primary N) is 2. The number of carbonyl (C=O) groups is 1. The molecule has 2 aromatic rings. The molecule has 0 aromatic heterocycles. The molecule has 0 bridgehead atoms. The van der Waals surface area contributed by atoms with Gasteiger partial charge in [-0.2, -0.15) is 0 Å². The molecule has 2 aromatic carbocycles. The maximum atomic E-state index is 12.1. The highest BCUT2D eigenvalue weighted by molar-refractivity contribution is 7.97. The first-order valence-electron chi connectivity index (χ1n) is 7.46. The van der Waals surface area contributed by atoms with Gasteiger partial charge in [0, 0.05) is 28.8 Å². The van der Waals surface area contributed by atoms with Gasteiger partial charge in [0.15, 0.2) is 0 Å². The van der Waals surface area contributed by atoms with E-state index in [1.165, 1.54) is 30.3 Å². The second-order valence-corrected chi connectivity index (χ2v) is 6.00. The number of anilines is 1. The number of hydrogen-bond acceptors (Lipinski definition) is 8. The summed E-state index contributed by atoms with van der Waals surface area (Å²) in [7, 11) is 0. The van der Waals surface area contributed by atoms with E-state index in [0.717, 1.165) is 4.90 Å². The third kappa shape index (κ3) is 5.48. The summed E-state index contributed by atoms with van der Waals surface area (Å²) in [6.45, 7) is 0.0365. The van der Waals surface area contributed by atoms with Gasteiger partial charge in [-0.15, -0.1) is 0 Å². The molecule has 1 amide bonds. The van der Waals surface area contributed by atoms with Gasteiger partial charge < -0.3 is 16.5 Å². The fourth-order valence-electron chi connectivity index (χ4n) is 2.03. The normalized spacial score (nSPS) is 11.0. The highest BCUT2D eigenvalue weighted by Gasteiger charge is 2.09. The van der Waals surface area contributed by atoms with Crippen LogP contribution < -0.4 is 27.0 Å². The lowest BCUT2D eigenvalue weighted by atomic mass is 10.1. The number of rotatable bonds is 8. The number of non-ortho nitro benzene ring substituents is 1. The van der Waals surface area contributed by atoms with E-state index in [9.17, 15) is 14.9 Å². The van der Waals surface area contributed by atoms with E-state index < -0.39 is 4.92 Å². The Labute approximate surface area is 154 Å². The minimum atomic E-state index is -0.465. The topological polar surface area (TPSA) is 148 Å². The van der Waals surface area contributed by atoms with Gasteiger partial charge in [-0.25, -0.2) is 0 Å². The summed E-state index contributed by atoms with van der Waals surface area (Å²) in [5.74, 6) is 4.96. The van der Waals surface area contributed by atoms with Crippen molar-refractivity contribution in [2.75, 3.05) is 11.9 Å². The predicted octanol–water partition coefficient (Wildman–Crippen LogP) is 1.55. The second kappa shape index (κ2) is 9.42. The van der Waals surface area contributed by atoms with Crippen LogP contribution in [0.2, 0.25) is 0 Å². The Balaban J connectivity index is 1.89. The maximum Gasteiger partial charge on any atom is 0.269 e. The van der Waals surface area contributed by atoms with Gasteiger partial charge in [0.2, 0.25) is 5.91 Å². The molecule has 2 rings (SSSR count). The van der Waals surface area contributed by atoms with Crippen LogP contribution in [0.3, 0.4) is 0 Å². The zero-order valence-electron chi connectivity index (χ0n) is 13.6.